The number of carbonyl (C=O) groups excluding carboxylic acids is 1. The van der Waals surface area contributed by atoms with Crippen molar-refractivity contribution >= 4 is 29.9 Å². The van der Waals surface area contributed by atoms with E-state index in [1.165, 1.54) is 0 Å². The van der Waals surface area contributed by atoms with Crippen molar-refractivity contribution in [2.45, 2.75) is 13.0 Å². The van der Waals surface area contributed by atoms with Crippen molar-refractivity contribution in [2.75, 3.05) is 26.8 Å². The van der Waals surface area contributed by atoms with E-state index in [1.54, 1.807) is 7.11 Å². The van der Waals surface area contributed by atoms with Gasteiger partial charge >= 0.3 is 0 Å². The summed E-state index contributed by atoms with van der Waals surface area (Å²) >= 11 is 5.90. The zero-order chi connectivity index (χ0) is 13.4. The van der Waals surface area contributed by atoms with Gasteiger partial charge in [0.1, 0.15) is 0 Å². The van der Waals surface area contributed by atoms with E-state index >= 15 is 0 Å². The van der Waals surface area contributed by atoms with Gasteiger partial charge in [-0.2, -0.15) is 0 Å². The van der Waals surface area contributed by atoms with Gasteiger partial charge < -0.3 is 15.4 Å². The van der Waals surface area contributed by atoms with Crippen LogP contribution in [0.25, 0.3) is 0 Å². The van der Waals surface area contributed by atoms with Crippen molar-refractivity contribution in [1.29, 1.82) is 0 Å². The Balaban J connectivity index is 0.00000324. The van der Waals surface area contributed by atoms with Crippen LogP contribution in [-0.2, 0) is 9.53 Å². The Morgan fingerprint density at radius 3 is 2.84 bits per heavy atom. The summed E-state index contributed by atoms with van der Waals surface area (Å²) in [4.78, 5) is 11.6. The molecule has 0 heterocycles. The van der Waals surface area contributed by atoms with E-state index in [0.717, 1.165) is 5.56 Å². The molecule has 1 atom stereocenters. The quantitative estimate of drug-likeness (QED) is 0.759. The van der Waals surface area contributed by atoms with Crippen LogP contribution < -0.4 is 10.6 Å². The van der Waals surface area contributed by atoms with Crippen molar-refractivity contribution in [1.82, 2.24) is 10.6 Å². The number of ether oxygens (including phenoxy) is 1. The topological polar surface area (TPSA) is 50.4 Å². The molecule has 6 heteroatoms. The molecule has 0 saturated carbocycles. The third-order valence-corrected chi connectivity index (χ3v) is 2.73. The Hall–Kier alpha value is -0.810. The number of hydrogen-bond acceptors (Lipinski definition) is 3. The molecule has 1 aromatic rings. The largest absolute Gasteiger partial charge is 0.383 e. The zero-order valence-electron chi connectivity index (χ0n) is 11.1. The molecule has 0 fully saturated rings. The fourth-order valence-corrected chi connectivity index (χ4v) is 1.73. The summed E-state index contributed by atoms with van der Waals surface area (Å²) in [5.41, 5.74) is 0.993. The average Bonchev–Trinajstić information content (AvgIpc) is 2.34. The Morgan fingerprint density at radius 2 is 2.21 bits per heavy atom. The molecule has 0 unspecified atom stereocenters. The molecule has 0 bridgehead atoms. The summed E-state index contributed by atoms with van der Waals surface area (Å²) in [5.74, 6) is -0.0430. The van der Waals surface area contributed by atoms with Crippen LogP contribution in [0.3, 0.4) is 0 Å². The van der Waals surface area contributed by atoms with Crippen LogP contribution in [0.4, 0.5) is 0 Å². The molecule has 0 aliphatic rings. The molecular weight excluding hydrogens is 287 g/mol. The number of hydrogen-bond donors (Lipinski definition) is 2. The fourth-order valence-electron chi connectivity index (χ4n) is 1.53. The van der Waals surface area contributed by atoms with E-state index in [9.17, 15) is 4.79 Å². The van der Waals surface area contributed by atoms with Crippen LogP contribution in [0.15, 0.2) is 24.3 Å². The van der Waals surface area contributed by atoms with Gasteiger partial charge in [0.2, 0.25) is 5.91 Å². The standard InChI is InChI=1S/C13H19ClN2O2.ClH/c1-10(11-4-3-5-12(14)8-11)16-13(17)9-15-6-7-18-2;/h3-5,8,10,15H,6-7,9H2,1-2H3,(H,16,17);1H/t10-;/m1./s1. The Bertz CT molecular complexity index is 389. The van der Waals surface area contributed by atoms with Crippen LogP contribution in [-0.4, -0.2) is 32.7 Å². The molecule has 1 amide bonds. The van der Waals surface area contributed by atoms with Crippen molar-refractivity contribution in [3.05, 3.63) is 34.9 Å². The molecular formula is C13H20Cl2N2O2. The van der Waals surface area contributed by atoms with Crippen molar-refractivity contribution < 1.29 is 9.53 Å². The highest BCUT2D eigenvalue weighted by atomic mass is 35.5. The maximum absolute atomic E-state index is 11.6. The average molecular weight is 307 g/mol. The number of carbonyl (C=O) groups is 1. The van der Waals surface area contributed by atoms with Gasteiger partial charge in [0, 0.05) is 18.7 Å². The van der Waals surface area contributed by atoms with E-state index < -0.39 is 0 Å². The lowest BCUT2D eigenvalue weighted by molar-refractivity contribution is -0.120. The van der Waals surface area contributed by atoms with E-state index in [-0.39, 0.29) is 30.9 Å². The number of benzene rings is 1. The Labute approximate surface area is 125 Å². The van der Waals surface area contributed by atoms with Gasteiger partial charge in [-0.05, 0) is 24.6 Å². The normalized spacial score (nSPS) is 11.5. The van der Waals surface area contributed by atoms with Crippen molar-refractivity contribution in [3.8, 4) is 0 Å². The third kappa shape index (κ3) is 7.38. The molecule has 1 aromatic carbocycles. The summed E-state index contributed by atoms with van der Waals surface area (Å²) in [5, 5.41) is 6.56. The van der Waals surface area contributed by atoms with Crippen LogP contribution >= 0.6 is 24.0 Å². The van der Waals surface area contributed by atoms with Gasteiger partial charge in [0.25, 0.3) is 0 Å². The molecule has 0 spiro atoms. The van der Waals surface area contributed by atoms with Gasteiger partial charge in [0.15, 0.2) is 0 Å². The minimum Gasteiger partial charge on any atom is -0.383 e. The Kier molecular flexibility index (Phi) is 9.61. The first-order chi connectivity index (χ1) is 8.63. The summed E-state index contributed by atoms with van der Waals surface area (Å²) in [7, 11) is 1.63. The molecule has 2 N–H and O–H groups in total. The molecule has 4 nitrogen and oxygen atoms in total. The first kappa shape index (κ1) is 18.2. The highest BCUT2D eigenvalue weighted by molar-refractivity contribution is 6.30. The summed E-state index contributed by atoms with van der Waals surface area (Å²) in [6, 6.07) is 7.42. The maximum Gasteiger partial charge on any atom is 0.234 e. The van der Waals surface area contributed by atoms with Crippen LogP contribution in [0, 0.1) is 0 Å². The monoisotopic (exact) mass is 306 g/mol. The fraction of sp³-hybridized carbons (Fsp3) is 0.462. The highest BCUT2D eigenvalue weighted by Gasteiger charge is 2.09. The molecule has 0 aromatic heterocycles. The van der Waals surface area contributed by atoms with Crippen LogP contribution in [0.1, 0.15) is 18.5 Å². The summed E-state index contributed by atoms with van der Waals surface area (Å²) < 4.78 is 4.88. The minimum absolute atomic E-state index is 0. The van der Waals surface area contributed by atoms with E-state index in [0.29, 0.717) is 18.2 Å². The predicted molar refractivity (Wildman–Crippen MR) is 80.0 cm³/mol. The van der Waals surface area contributed by atoms with Gasteiger partial charge in [-0.25, -0.2) is 0 Å². The second kappa shape index (κ2) is 10.0. The Morgan fingerprint density at radius 1 is 1.47 bits per heavy atom. The van der Waals surface area contributed by atoms with Gasteiger partial charge in [-0.1, -0.05) is 23.7 Å². The molecule has 0 radical (unpaired) electrons. The highest BCUT2D eigenvalue weighted by Crippen LogP contribution is 2.16. The summed E-state index contributed by atoms with van der Waals surface area (Å²) in [6.45, 7) is 3.47. The van der Waals surface area contributed by atoms with Gasteiger partial charge in [0.05, 0.1) is 19.2 Å². The number of methoxy groups -OCH3 is 1. The zero-order valence-corrected chi connectivity index (χ0v) is 12.7. The first-order valence-corrected chi connectivity index (χ1v) is 6.25. The van der Waals surface area contributed by atoms with Gasteiger partial charge in [-0.3, -0.25) is 4.79 Å². The van der Waals surface area contributed by atoms with E-state index in [2.05, 4.69) is 10.6 Å². The number of rotatable bonds is 7. The molecule has 19 heavy (non-hydrogen) atoms. The predicted octanol–water partition coefficient (Wildman–Crippen LogP) is 2.18. The second-order valence-electron chi connectivity index (χ2n) is 4.01. The smallest absolute Gasteiger partial charge is 0.234 e. The van der Waals surface area contributed by atoms with Crippen molar-refractivity contribution in [2.24, 2.45) is 0 Å². The number of halogens is 2. The molecule has 1 rings (SSSR count). The minimum atomic E-state index is -0.0552. The van der Waals surface area contributed by atoms with Gasteiger partial charge in [-0.15, -0.1) is 12.4 Å². The van der Waals surface area contributed by atoms with Crippen LogP contribution in [0.2, 0.25) is 5.02 Å². The molecule has 108 valence electrons. The third-order valence-electron chi connectivity index (χ3n) is 2.49. The van der Waals surface area contributed by atoms with E-state index in [1.807, 2.05) is 31.2 Å². The summed E-state index contributed by atoms with van der Waals surface area (Å²) in [6.07, 6.45) is 0. The number of amides is 1. The SMILES string of the molecule is COCCNCC(=O)N[C@H](C)c1cccc(Cl)c1.Cl. The van der Waals surface area contributed by atoms with Crippen LogP contribution in [0.5, 0.6) is 0 Å². The molecule has 0 saturated heterocycles. The molecule has 0 aliphatic carbocycles. The number of nitrogens with one attached hydrogen (secondary N) is 2. The van der Waals surface area contributed by atoms with E-state index in [4.69, 9.17) is 16.3 Å². The maximum atomic E-state index is 11.6. The first-order valence-electron chi connectivity index (χ1n) is 5.88. The lowest BCUT2D eigenvalue weighted by atomic mass is 10.1. The van der Waals surface area contributed by atoms with Crippen molar-refractivity contribution in [3.63, 3.8) is 0 Å². The lowest BCUT2D eigenvalue weighted by Crippen LogP contribution is -2.36. The lowest BCUT2D eigenvalue weighted by Gasteiger charge is -2.14. The second-order valence-corrected chi connectivity index (χ2v) is 4.45. The molecule has 0 aliphatic heterocycles.